The molecule has 0 saturated carbocycles. The van der Waals surface area contributed by atoms with Gasteiger partial charge in [0.2, 0.25) is 17.7 Å². The van der Waals surface area contributed by atoms with Gasteiger partial charge in [-0.2, -0.15) is 12.6 Å². The second kappa shape index (κ2) is 13.4. The molecule has 0 bridgehead atoms. The lowest BCUT2D eigenvalue weighted by Crippen LogP contribution is -2.58. The van der Waals surface area contributed by atoms with E-state index < -0.39 is 47.9 Å². The maximum atomic E-state index is 12.9. The fourth-order valence-electron chi connectivity index (χ4n) is 3.18. The molecule has 2 rings (SSSR count). The minimum Gasteiger partial charge on any atom is -0.508 e. The maximum absolute atomic E-state index is 12.9. The number of thiol groups is 1. The van der Waals surface area contributed by atoms with Crippen molar-refractivity contribution in [3.05, 3.63) is 59.7 Å². The van der Waals surface area contributed by atoms with Gasteiger partial charge in [0.25, 0.3) is 0 Å². The Labute approximate surface area is 213 Å². The van der Waals surface area contributed by atoms with Crippen LogP contribution in [0, 0.1) is 0 Å². The van der Waals surface area contributed by atoms with Crippen LogP contribution < -0.4 is 21.7 Å². The van der Waals surface area contributed by atoms with E-state index in [-0.39, 0.29) is 30.1 Å². The largest absolute Gasteiger partial charge is 0.508 e. The molecule has 2 aromatic rings. The Kier molecular flexibility index (Phi) is 10.6. The molecule has 4 atom stereocenters. The number of carboxylic acids is 1. The van der Waals surface area contributed by atoms with Gasteiger partial charge in [0.1, 0.15) is 29.6 Å². The van der Waals surface area contributed by atoms with E-state index in [1.54, 1.807) is 24.3 Å². The maximum Gasteiger partial charge on any atom is 0.325 e. The van der Waals surface area contributed by atoms with Gasteiger partial charge in [0.15, 0.2) is 0 Å². The number of aliphatic carboxylic acids is 1. The number of amides is 3. The second-order valence-electron chi connectivity index (χ2n) is 8.22. The van der Waals surface area contributed by atoms with E-state index in [2.05, 4.69) is 28.6 Å². The number of nitrogens with two attached hydrogens (primary N) is 1. The van der Waals surface area contributed by atoms with Gasteiger partial charge in [0.05, 0.1) is 6.04 Å². The molecule has 0 spiro atoms. The van der Waals surface area contributed by atoms with Crippen LogP contribution in [0.4, 0.5) is 0 Å². The second-order valence-corrected chi connectivity index (χ2v) is 8.59. The molecule has 4 unspecified atom stereocenters. The summed E-state index contributed by atoms with van der Waals surface area (Å²) in [4.78, 5) is 49.4. The lowest BCUT2D eigenvalue weighted by molar-refractivity contribution is -0.141. The first-order chi connectivity index (χ1) is 17.0. The Morgan fingerprint density at radius 3 is 1.69 bits per heavy atom. The van der Waals surface area contributed by atoms with E-state index in [1.807, 2.05) is 0 Å². The number of rotatable bonds is 12. The number of benzene rings is 2. The number of phenolic OH excluding ortho intramolecular Hbond substituents is 2. The number of aromatic hydroxyl groups is 2. The number of hydrogen-bond acceptors (Lipinski definition) is 8. The van der Waals surface area contributed by atoms with Gasteiger partial charge in [0, 0.05) is 12.2 Å². The molecule has 0 fully saturated rings. The monoisotopic (exact) mass is 518 g/mol. The standard InChI is InChI=1S/C24H30N4O7S/c1-13(24(34)35)26-22(32)19(11-15-4-8-17(30)9-5-15)27-23(33)20(12-36)28-21(31)18(25)10-14-2-6-16(29)7-3-14/h2-9,13,18-20,29-30,36H,10-12,25H2,1H3,(H,26,32)(H,27,33)(H,28,31)(H,34,35). The number of phenols is 2. The van der Waals surface area contributed by atoms with Gasteiger partial charge in [-0.05, 0) is 48.7 Å². The zero-order valence-electron chi connectivity index (χ0n) is 19.5. The summed E-state index contributed by atoms with van der Waals surface area (Å²) < 4.78 is 0. The van der Waals surface area contributed by atoms with Crippen LogP contribution in [0.2, 0.25) is 0 Å². The number of carboxylic acid groups (broad SMARTS) is 1. The Hall–Kier alpha value is -3.77. The molecule has 0 aliphatic heterocycles. The average molecular weight is 519 g/mol. The van der Waals surface area contributed by atoms with E-state index in [0.29, 0.717) is 11.1 Å². The van der Waals surface area contributed by atoms with Crippen molar-refractivity contribution in [1.82, 2.24) is 16.0 Å². The zero-order chi connectivity index (χ0) is 26.8. The third-order valence-corrected chi connectivity index (χ3v) is 5.65. The molecule has 11 nitrogen and oxygen atoms in total. The van der Waals surface area contributed by atoms with Gasteiger partial charge >= 0.3 is 5.97 Å². The molecule has 12 heteroatoms. The van der Waals surface area contributed by atoms with Crippen molar-refractivity contribution in [2.75, 3.05) is 5.75 Å². The molecule has 8 N–H and O–H groups in total. The van der Waals surface area contributed by atoms with Crippen molar-refractivity contribution in [2.45, 2.75) is 43.9 Å². The summed E-state index contributed by atoms with van der Waals surface area (Å²) in [5.74, 6) is -3.31. The third-order valence-electron chi connectivity index (χ3n) is 5.28. The molecule has 0 aliphatic carbocycles. The number of carbonyl (C=O) groups excluding carboxylic acids is 3. The summed E-state index contributed by atoms with van der Waals surface area (Å²) in [5, 5.41) is 35.3. The van der Waals surface area contributed by atoms with Crippen LogP contribution in [0.25, 0.3) is 0 Å². The molecule has 0 aromatic heterocycles. The van der Waals surface area contributed by atoms with Crippen LogP contribution in [0.3, 0.4) is 0 Å². The van der Waals surface area contributed by atoms with Gasteiger partial charge in [-0.1, -0.05) is 24.3 Å². The summed E-state index contributed by atoms with van der Waals surface area (Å²) in [7, 11) is 0. The predicted molar refractivity (Wildman–Crippen MR) is 135 cm³/mol. The van der Waals surface area contributed by atoms with Gasteiger partial charge in [-0.15, -0.1) is 0 Å². The summed E-state index contributed by atoms with van der Waals surface area (Å²) >= 11 is 4.13. The summed E-state index contributed by atoms with van der Waals surface area (Å²) in [6.07, 6.45) is 0.157. The summed E-state index contributed by atoms with van der Waals surface area (Å²) in [6.45, 7) is 1.28. The first kappa shape index (κ1) is 28.5. The molecule has 194 valence electrons. The van der Waals surface area contributed by atoms with Crippen molar-refractivity contribution in [3.8, 4) is 11.5 Å². The summed E-state index contributed by atoms with van der Waals surface area (Å²) in [6, 6.07) is 7.64. The van der Waals surface area contributed by atoms with E-state index in [1.165, 1.54) is 31.2 Å². The van der Waals surface area contributed by atoms with Gasteiger partial charge in [-0.25, -0.2) is 0 Å². The van der Waals surface area contributed by atoms with E-state index in [9.17, 15) is 29.4 Å². The van der Waals surface area contributed by atoms with Crippen LogP contribution in [-0.2, 0) is 32.0 Å². The number of nitrogens with one attached hydrogen (secondary N) is 3. The highest BCUT2D eigenvalue weighted by atomic mass is 32.1. The highest BCUT2D eigenvalue weighted by Gasteiger charge is 2.29. The van der Waals surface area contributed by atoms with Crippen LogP contribution in [0.15, 0.2) is 48.5 Å². The Balaban J connectivity index is 2.09. The fourth-order valence-corrected chi connectivity index (χ4v) is 3.43. The van der Waals surface area contributed by atoms with Crippen LogP contribution in [0.1, 0.15) is 18.1 Å². The molecule has 0 saturated heterocycles. The highest BCUT2D eigenvalue weighted by Crippen LogP contribution is 2.13. The average Bonchev–Trinajstić information content (AvgIpc) is 2.84. The third kappa shape index (κ3) is 8.78. The smallest absolute Gasteiger partial charge is 0.325 e. The predicted octanol–water partition coefficient (Wildman–Crippen LogP) is -0.301. The molecule has 2 aromatic carbocycles. The SMILES string of the molecule is CC(NC(=O)C(Cc1ccc(O)cc1)NC(=O)C(CS)NC(=O)C(N)Cc1ccc(O)cc1)C(=O)O. The first-order valence-electron chi connectivity index (χ1n) is 11.1. The van der Waals surface area contributed by atoms with Crippen molar-refractivity contribution in [3.63, 3.8) is 0 Å². The quantitative estimate of drug-likeness (QED) is 0.176. The minimum absolute atomic E-state index is 0.00219. The zero-order valence-corrected chi connectivity index (χ0v) is 20.4. The molecule has 3 amide bonds. The number of hydrogen-bond donors (Lipinski definition) is 8. The van der Waals surface area contributed by atoms with E-state index >= 15 is 0 Å². The lowest BCUT2D eigenvalue weighted by Gasteiger charge is -2.24. The molecule has 0 radical (unpaired) electrons. The Bertz CT molecular complexity index is 1060. The van der Waals surface area contributed by atoms with Crippen molar-refractivity contribution in [2.24, 2.45) is 5.73 Å². The molecule has 0 aliphatic rings. The van der Waals surface area contributed by atoms with E-state index in [4.69, 9.17) is 10.8 Å². The van der Waals surface area contributed by atoms with Crippen LogP contribution in [-0.4, -0.2) is 68.9 Å². The summed E-state index contributed by atoms with van der Waals surface area (Å²) in [5.41, 5.74) is 7.27. The highest BCUT2D eigenvalue weighted by molar-refractivity contribution is 7.80. The molecule has 0 heterocycles. The van der Waals surface area contributed by atoms with Gasteiger partial charge in [-0.3, -0.25) is 19.2 Å². The lowest BCUT2D eigenvalue weighted by atomic mass is 10.0. The Morgan fingerprint density at radius 2 is 1.22 bits per heavy atom. The minimum atomic E-state index is -1.25. The number of carbonyl (C=O) groups is 4. The van der Waals surface area contributed by atoms with E-state index in [0.717, 1.165) is 0 Å². The molecular formula is C24H30N4O7S. The Morgan fingerprint density at radius 1 is 0.778 bits per heavy atom. The fraction of sp³-hybridized carbons (Fsp3) is 0.333. The van der Waals surface area contributed by atoms with Crippen molar-refractivity contribution < 1.29 is 34.5 Å². The van der Waals surface area contributed by atoms with Crippen molar-refractivity contribution in [1.29, 1.82) is 0 Å². The van der Waals surface area contributed by atoms with Crippen LogP contribution >= 0.6 is 12.6 Å². The van der Waals surface area contributed by atoms with Crippen molar-refractivity contribution >= 4 is 36.3 Å². The van der Waals surface area contributed by atoms with Gasteiger partial charge < -0.3 is 37.0 Å². The topological polar surface area (TPSA) is 191 Å². The molecule has 36 heavy (non-hydrogen) atoms. The first-order valence-corrected chi connectivity index (χ1v) is 11.7. The van der Waals surface area contributed by atoms with Crippen LogP contribution in [0.5, 0.6) is 11.5 Å². The molecular weight excluding hydrogens is 488 g/mol. The normalized spacial score (nSPS) is 14.1.